The van der Waals surface area contributed by atoms with Crippen LogP contribution >= 0.6 is 0 Å². The molecule has 0 atom stereocenters. The molecule has 1 fully saturated rings. The molecule has 1 aliphatic carbocycles. The average molecular weight is 313 g/mol. The lowest BCUT2D eigenvalue weighted by Gasteiger charge is -2.12. The fourth-order valence-corrected chi connectivity index (χ4v) is 3.17. The van der Waals surface area contributed by atoms with Crippen molar-refractivity contribution in [2.24, 2.45) is 0 Å². The zero-order valence-corrected chi connectivity index (χ0v) is 13.4. The van der Waals surface area contributed by atoms with Gasteiger partial charge in [-0.1, -0.05) is 24.5 Å². The van der Waals surface area contributed by atoms with Gasteiger partial charge in [-0.25, -0.2) is 4.79 Å². The number of aromatic nitrogens is 1. The number of urea groups is 1. The van der Waals surface area contributed by atoms with E-state index in [-0.39, 0.29) is 11.6 Å². The molecule has 1 aromatic heterocycles. The maximum absolute atomic E-state index is 12.1. The summed E-state index contributed by atoms with van der Waals surface area (Å²) < 4.78 is 0. The highest BCUT2D eigenvalue weighted by Crippen LogP contribution is 2.17. The molecule has 23 heavy (non-hydrogen) atoms. The van der Waals surface area contributed by atoms with Crippen LogP contribution < -0.4 is 16.2 Å². The predicted molar refractivity (Wildman–Crippen MR) is 91.8 cm³/mol. The van der Waals surface area contributed by atoms with E-state index in [1.165, 1.54) is 12.8 Å². The number of fused-ring (bicyclic) bond motifs is 1. The molecule has 1 saturated carbocycles. The highest BCUT2D eigenvalue weighted by Gasteiger charge is 2.16. The first-order chi connectivity index (χ1) is 11.1. The molecule has 3 N–H and O–H groups in total. The Hall–Kier alpha value is -2.30. The number of benzene rings is 1. The van der Waals surface area contributed by atoms with Crippen molar-refractivity contribution in [3.63, 3.8) is 0 Å². The number of hydrogen-bond donors (Lipinski definition) is 3. The van der Waals surface area contributed by atoms with Crippen molar-refractivity contribution in [3.8, 4) is 0 Å². The van der Waals surface area contributed by atoms with Gasteiger partial charge in [0, 0.05) is 23.7 Å². The minimum Gasteiger partial charge on any atom is -0.338 e. The Morgan fingerprint density at radius 1 is 1.26 bits per heavy atom. The maximum Gasteiger partial charge on any atom is 0.315 e. The van der Waals surface area contributed by atoms with Crippen molar-refractivity contribution in [1.29, 1.82) is 0 Å². The molecule has 5 nitrogen and oxygen atoms in total. The molecule has 0 unspecified atom stereocenters. The number of carbonyl (C=O) groups is 1. The standard InChI is InChI=1S/C18H23N3O2/c1-12-6-7-16-14(10-12)11-13(17(22)21-16)8-9-19-18(23)20-15-4-2-3-5-15/h6-7,10-11,15H,2-5,8-9H2,1H3,(H,21,22)(H2,19,20,23). The Balaban J connectivity index is 1.59. The summed E-state index contributed by atoms with van der Waals surface area (Å²) in [6.07, 6.45) is 5.04. The second-order valence-electron chi connectivity index (χ2n) is 6.35. The van der Waals surface area contributed by atoms with Crippen LogP contribution in [0.4, 0.5) is 4.79 Å². The summed E-state index contributed by atoms with van der Waals surface area (Å²) in [6, 6.07) is 8.04. The summed E-state index contributed by atoms with van der Waals surface area (Å²) in [5.74, 6) is 0. The van der Waals surface area contributed by atoms with E-state index < -0.39 is 0 Å². The topological polar surface area (TPSA) is 74.0 Å². The minimum absolute atomic E-state index is 0.0839. The Morgan fingerprint density at radius 2 is 2.04 bits per heavy atom. The van der Waals surface area contributed by atoms with Gasteiger partial charge in [-0.2, -0.15) is 0 Å². The second kappa shape index (κ2) is 6.86. The first kappa shape index (κ1) is 15.6. The number of aryl methyl sites for hydroxylation is 1. The van der Waals surface area contributed by atoms with Gasteiger partial charge in [-0.15, -0.1) is 0 Å². The molecule has 2 amide bonds. The van der Waals surface area contributed by atoms with E-state index in [4.69, 9.17) is 0 Å². The number of aromatic amines is 1. The molecule has 2 aromatic rings. The molecule has 1 aliphatic rings. The van der Waals surface area contributed by atoms with E-state index in [9.17, 15) is 9.59 Å². The van der Waals surface area contributed by atoms with Crippen molar-refractivity contribution < 1.29 is 4.79 Å². The molecule has 1 aromatic carbocycles. The quantitative estimate of drug-likeness (QED) is 0.812. The van der Waals surface area contributed by atoms with Crippen molar-refractivity contribution in [2.75, 3.05) is 6.54 Å². The van der Waals surface area contributed by atoms with Gasteiger partial charge in [0.2, 0.25) is 0 Å². The molecule has 0 bridgehead atoms. The van der Waals surface area contributed by atoms with E-state index in [2.05, 4.69) is 21.7 Å². The number of amides is 2. The van der Waals surface area contributed by atoms with E-state index >= 15 is 0 Å². The Morgan fingerprint density at radius 3 is 2.83 bits per heavy atom. The predicted octanol–water partition coefficient (Wildman–Crippen LogP) is 2.62. The van der Waals surface area contributed by atoms with Crippen LogP contribution in [-0.4, -0.2) is 23.6 Å². The van der Waals surface area contributed by atoms with Crippen LogP contribution in [-0.2, 0) is 6.42 Å². The largest absolute Gasteiger partial charge is 0.338 e. The normalized spacial score (nSPS) is 15.0. The molecule has 0 radical (unpaired) electrons. The van der Waals surface area contributed by atoms with Crippen molar-refractivity contribution in [3.05, 3.63) is 45.7 Å². The van der Waals surface area contributed by atoms with Crippen LogP contribution in [0.15, 0.2) is 29.1 Å². The van der Waals surface area contributed by atoms with Gasteiger partial charge in [-0.3, -0.25) is 4.79 Å². The summed E-state index contributed by atoms with van der Waals surface area (Å²) in [4.78, 5) is 26.8. The highest BCUT2D eigenvalue weighted by molar-refractivity contribution is 5.79. The number of hydrogen-bond acceptors (Lipinski definition) is 2. The lowest BCUT2D eigenvalue weighted by atomic mass is 10.1. The molecule has 0 spiro atoms. The van der Waals surface area contributed by atoms with E-state index in [1.54, 1.807) is 0 Å². The molecule has 5 heteroatoms. The number of nitrogens with one attached hydrogen (secondary N) is 3. The van der Waals surface area contributed by atoms with Crippen molar-refractivity contribution in [1.82, 2.24) is 15.6 Å². The summed E-state index contributed by atoms with van der Waals surface area (Å²) >= 11 is 0. The first-order valence-electron chi connectivity index (χ1n) is 8.29. The zero-order valence-electron chi connectivity index (χ0n) is 13.4. The summed E-state index contributed by atoms with van der Waals surface area (Å²) in [5.41, 5.74) is 2.62. The van der Waals surface area contributed by atoms with Gasteiger partial charge in [-0.05, 0) is 49.8 Å². The zero-order chi connectivity index (χ0) is 16.2. The highest BCUT2D eigenvalue weighted by atomic mass is 16.2. The van der Waals surface area contributed by atoms with Gasteiger partial charge < -0.3 is 15.6 Å². The molecule has 1 heterocycles. The molecular formula is C18H23N3O2. The number of carbonyl (C=O) groups excluding carboxylic acids is 1. The third-order valence-electron chi connectivity index (χ3n) is 4.45. The minimum atomic E-state index is -0.134. The molecular weight excluding hydrogens is 290 g/mol. The number of rotatable bonds is 4. The second-order valence-corrected chi connectivity index (χ2v) is 6.35. The molecule has 3 rings (SSSR count). The van der Waals surface area contributed by atoms with Crippen LogP contribution in [0.1, 0.15) is 36.8 Å². The van der Waals surface area contributed by atoms with Gasteiger partial charge in [0.05, 0.1) is 0 Å². The van der Waals surface area contributed by atoms with Gasteiger partial charge in [0.1, 0.15) is 0 Å². The smallest absolute Gasteiger partial charge is 0.315 e. The fourth-order valence-electron chi connectivity index (χ4n) is 3.17. The van der Waals surface area contributed by atoms with Gasteiger partial charge in [0.15, 0.2) is 0 Å². The Labute approximate surface area is 135 Å². The van der Waals surface area contributed by atoms with Crippen LogP contribution in [0.2, 0.25) is 0 Å². The average Bonchev–Trinajstić information content (AvgIpc) is 3.01. The van der Waals surface area contributed by atoms with E-state index in [0.717, 1.165) is 29.3 Å². The fraction of sp³-hybridized carbons (Fsp3) is 0.444. The Kier molecular flexibility index (Phi) is 4.65. The number of pyridine rings is 1. The van der Waals surface area contributed by atoms with E-state index in [0.29, 0.717) is 24.6 Å². The van der Waals surface area contributed by atoms with Crippen LogP contribution in [0.5, 0.6) is 0 Å². The summed E-state index contributed by atoms with van der Waals surface area (Å²) in [6.45, 7) is 2.48. The third-order valence-corrected chi connectivity index (χ3v) is 4.45. The van der Waals surface area contributed by atoms with Crippen LogP contribution in [0.3, 0.4) is 0 Å². The number of H-pyrrole nitrogens is 1. The molecule has 0 saturated heterocycles. The summed E-state index contributed by atoms with van der Waals surface area (Å²) in [7, 11) is 0. The first-order valence-corrected chi connectivity index (χ1v) is 8.29. The Bertz CT molecular complexity index is 760. The van der Waals surface area contributed by atoms with Crippen molar-refractivity contribution >= 4 is 16.9 Å². The lowest BCUT2D eigenvalue weighted by Crippen LogP contribution is -2.41. The molecule has 0 aliphatic heterocycles. The lowest BCUT2D eigenvalue weighted by molar-refractivity contribution is 0.237. The SMILES string of the molecule is Cc1ccc2[nH]c(=O)c(CCNC(=O)NC3CCCC3)cc2c1. The van der Waals surface area contributed by atoms with Crippen LogP contribution in [0, 0.1) is 6.92 Å². The van der Waals surface area contributed by atoms with Crippen LogP contribution in [0.25, 0.3) is 10.9 Å². The third kappa shape index (κ3) is 3.92. The summed E-state index contributed by atoms with van der Waals surface area (Å²) in [5, 5.41) is 6.85. The molecule has 122 valence electrons. The van der Waals surface area contributed by atoms with Crippen molar-refractivity contribution in [2.45, 2.75) is 45.1 Å². The van der Waals surface area contributed by atoms with Gasteiger partial charge in [0.25, 0.3) is 5.56 Å². The van der Waals surface area contributed by atoms with E-state index in [1.807, 2.05) is 25.1 Å². The maximum atomic E-state index is 12.1. The van der Waals surface area contributed by atoms with Gasteiger partial charge >= 0.3 is 6.03 Å². The monoisotopic (exact) mass is 313 g/mol.